The van der Waals surface area contributed by atoms with Gasteiger partial charge in [-0.1, -0.05) is 36.4 Å². The lowest BCUT2D eigenvalue weighted by Crippen LogP contribution is -2.16. The van der Waals surface area contributed by atoms with Crippen molar-refractivity contribution >= 4 is 11.4 Å². The molecule has 2 aromatic carbocycles. The van der Waals surface area contributed by atoms with E-state index in [9.17, 15) is 10.1 Å². The fourth-order valence-electron chi connectivity index (χ4n) is 2.09. The maximum absolute atomic E-state index is 10.7. The zero-order chi connectivity index (χ0) is 14.4. The van der Waals surface area contributed by atoms with Gasteiger partial charge in [-0.25, -0.2) is 0 Å². The summed E-state index contributed by atoms with van der Waals surface area (Å²) in [7, 11) is 0. The van der Waals surface area contributed by atoms with Crippen molar-refractivity contribution in [3.63, 3.8) is 0 Å². The van der Waals surface area contributed by atoms with Crippen molar-refractivity contribution in [2.75, 3.05) is 5.32 Å². The molecule has 0 spiro atoms. The molecule has 0 radical (unpaired) electrons. The minimum Gasteiger partial charge on any atom is -0.382 e. The van der Waals surface area contributed by atoms with E-state index < -0.39 is 0 Å². The molecule has 0 saturated carbocycles. The summed E-state index contributed by atoms with van der Waals surface area (Å²) in [6, 6.07) is 17.2. The Hall–Kier alpha value is -2.36. The molecule has 0 heterocycles. The van der Waals surface area contributed by atoms with Gasteiger partial charge in [-0.15, -0.1) is 0 Å². The van der Waals surface area contributed by atoms with Crippen molar-refractivity contribution in [2.24, 2.45) is 0 Å². The first-order chi connectivity index (χ1) is 9.65. The van der Waals surface area contributed by atoms with Crippen LogP contribution in [0, 0.1) is 10.1 Å². The van der Waals surface area contributed by atoms with Crippen LogP contribution in [-0.4, -0.2) is 11.0 Å². The van der Waals surface area contributed by atoms with Gasteiger partial charge >= 0.3 is 0 Å². The van der Waals surface area contributed by atoms with Gasteiger partial charge in [0, 0.05) is 23.9 Å². The van der Waals surface area contributed by atoms with Crippen LogP contribution in [0.3, 0.4) is 0 Å². The third-order valence-corrected chi connectivity index (χ3v) is 3.18. The van der Waals surface area contributed by atoms with E-state index in [1.807, 2.05) is 24.3 Å². The highest BCUT2D eigenvalue weighted by molar-refractivity contribution is 5.51. The van der Waals surface area contributed by atoms with Crippen LogP contribution in [0.2, 0.25) is 0 Å². The monoisotopic (exact) mass is 270 g/mol. The quantitative estimate of drug-likeness (QED) is 0.637. The van der Waals surface area contributed by atoms with Crippen LogP contribution in [0.25, 0.3) is 0 Å². The molecule has 0 aliphatic rings. The molecule has 0 aromatic heterocycles. The molecule has 1 N–H and O–H groups in total. The third-order valence-electron chi connectivity index (χ3n) is 3.18. The van der Waals surface area contributed by atoms with E-state index in [-0.39, 0.29) is 16.7 Å². The van der Waals surface area contributed by atoms with Crippen molar-refractivity contribution < 1.29 is 4.92 Å². The van der Waals surface area contributed by atoms with E-state index in [0.717, 1.165) is 18.5 Å². The van der Waals surface area contributed by atoms with Crippen molar-refractivity contribution in [1.29, 1.82) is 0 Å². The highest BCUT2D eigenvalue weighted by Gasteiger charge is 2.07. The minimum absolute atomic E-state index is 0.116. The Morgan fingerprint density at radius 3 is 2.60 bits per heavy atom. The highest BCUT2D eigenvalue weighted by Crippen LogP contribution is 2.18. The Labute approximate surface area is 118 Å². The predicted octanol–water partition coefficient (Wildman–Crippen LogP) is 4.03. The second-order valence-electron chi connectivity index (χ2n) is 4.88. The second-order valence-corrected chi connectivity index (χ2v) is 4.88. The Kier molecular flexibility index (Phi) is 4.71. The first-order valence-corrected chi connectivity index (χ1v) is 6.70. The first kappa shape index (κ1) is 14.1. The Bertz CT molecular complexity index is 570. The first-order valence-electron chi connectivity index (χ1n) is 6.70. The highest BCUT2D eigenvalue weighted by atomic mass is 16.6. The van der Waals surface area contributed by atoms with Crippen molar-refractivity contribution in [2.45, 2.75) is 25.8 Å². The lowest BCUT2D eigenvalue weighted by atomic mass is 10.1. The number of non-ortho nitro benzene ring substituents is 1. The molecule has 0 amide bonds. The number of nitro groups is 1. The standard InChI is InChI=1S/C16H18N2O2/c1-13(10-11-14-6-3-2-4-7-14)17-15-8-5-9-16(12-15)18(19)20/h2-9,12-13,17H,10-11H2,1H3. The zero-order valence-electron chi connectivity index (χ0n) is 11.5. The van der Waals surface area contributed by atoms with Gasteiger partial charge in [0.05, 0.1) is 4.92 Å². The summed E-state index contributed by atoms with van der Waals surface area (Å²) >= 11 is 0. The zero-order valence-corrected chi connectivity index (χ0v) is 11.5. The second kappa shape index (κ2) is 6.70. The summed E-state index contributed by atoms with van der Waals surface area (Å²) in [5, 5.41) is 14.0. The van der Waals surface area contributed by atoms with Gasteiger partial charge in [-0.2, -0.15) is 0 Å². The molecule has 1 atom stereocenters. The normalized spacial score (nSPS) is 11.8. The average Bonchev–Trinajstić information content (AvgIpc) is 2.46. The summed E-state index contributed by atoms with van der Waals surface area (Å²) < 4.78 is 0. The Balaban J connectivity index is 1.89. The number of benzene rings is 2. The van der Waals surface area contributed by atoms with Crippen molar-refractivity contribution in [3.05, 3.63) is 70.3 Å². The summed E-state index contributed by atoms with van der Waals surface area (Å²) in [6.07, 6.45) is 1.97. The topological polar surface area (TPSA) is 55.2 Å². The van der Waals surface area contributed by atoms with Gasteiger partial charge in [0.15, 0.2) is 0 Å². The van der Waals surface area contributed by atoms with Crippen LogP contribution >= 0.6 is 0 Å². The molecule has 4 nitrogen and oxygen atoms in total. The molecule has 0 aliphatic carbocycles. The molecular weight excluding hydrogens is 252 g/mol. The predicted molar refractivity (Wildman–Crippen MR) is 80.9 cm³/mol. The molecule has 20 heavy (non-hydrogen) atoms. The van der Waals surface area contributed by atoms with Crippen LogP contribution in [0.15, 0.2) is 54.6 Å². The number of anilines is 1. The van der Waals surface area contributed by atoms with E-state index in [4.69, 9.17) is 0 Å². The molecule has 0 fully saturated rings. The number of hydrogen-bond acceptors (Lipinski definition) is 3. The van der Waals surface area contributed by atoms with E-state index in [1.54, 1.807) is 12.1 Å². The molecule has 4 heteroatoms. The average molecular weight is 270 g/mol. The molecule has 104 valence electrons. The van der Waals surface area contributed by atoms with Gasteiger partial charge in [-0.3, -0.25) is 10.1 Å². The number of nitro benzene ring substituents is 1. The SMILES string of the molecule is CC(CCc1ccccc1)Nc1cccc([N+](=O)[O-])c1. The number of nitrogens with zero attached hydrogens (tertiary/aromatic N) is 1. The Morgan fingerprint density at radius 1 is 1.15 bits per heavy atom. The molecule has 2 rings (SSSR count). The summed E-state index contributed by atoms with van der Waals surface area (Å²) in [5.41, 5.74) is 2.21. The third kappa shape index (κ3) is 4.09. The maximum Gasteiger partial charge on any atom is 0.271 e. The van der Waals surface area contributed by atoms with Crippen molar-refractivity contribution in [1.82, 2.24) is 0 Å². The van der Waals surface area contributed by atoms with Gasteiger partial charge in [0.25, 0.3) is 5.69 Å². The smallest absolute Gasteiger partial charge is 0.271 e. The van der Waals surface area contributed by atoms with Gasteiger partial charge in [0.2, 0.25) is 0 Å². The maximum atomic E-state index is 10.7. The lowest BCUT2D eigenvalue weighted by molar-refractivity contribution is -0.384. The number of nitrogens with one attached hydrogen (secondary N) is 1. The minimum atomic E-state index is -0.375. The fraction of sp³-hybridized carbons (Fsp3) is 0.250. The van der Waals surface area contributed by atoms with Gasteiger partial charge < -0.3 is 5.32 Å². The van der Waals surface area contributed by atoms with Crippen LogP contribution in [0.4, 0.5) is 11.4 Å². The van der Waals surface area contributed by atoms with Gasteiger partial charge in [0.1, 0.15) is 0 Å². The molecular formula is C16H18N2O2. The summed E-state index contributed by atoms with van der Waals surface area (Å²) in [5.74, 6) is 0. The molecule has 0 saturated heterocycles. The largest absolute Gasteiger partial charge is 0.382 e. The number of aryl methyl sites for hydroxylation is 1. The van der Waals surface area contributed by atoms with Crippen LogP contribution in [0.1, 0.15) is 18.9 Å². The molecule has 1 unspecified atom stereocenters. The molecule has 0 bridgehead atoms. The van der Waals surface area contributed by atoms with Gasteiger partial charge in [-0.05, 0) is 31.4 Å². The van der Waals surface area contributed by atoms with Crippen LogP contribution < -0.4 is 5.32 Å². The van der Waals surface area contributed by atoms with Crippen molar-refractivity contribution in [3.8, 4) is 0 Å². The van der Waals surface area contributed by atoms with E-state index >= 15 is 0 Å². The number of hydrogen-bond donors (Lipinski definition) is 1. The van der Waals surface area contributed by atoms with E-state index in [1.165, 1.54) is 11.6 Å². The molecule has 0 aliphatic heterocycles. The summed E-state index contributed by atoms with van der Waals surface area (Å²) in [4.78, 5) is 10.4. The van der Waals surface area contributed by atoms with Crippen LogP contribution in [-0.2, 0) is 6.42 Å². The lowest BCUT2D eigenvalue weighted by Gasteiger charge is -2.15. The Morgan fingerprint density at radius 2 is 1.90 bits per heavy atom. The summed E-state index contributed by atoms with van der Waals surface area (Å²) in [6.45, 7) is 2.09. The van der Waals surface area contributed by atoms with E-state index in [0.29, 0.717) is 0 Å². The number of rotatable bonds is 6. The van der Waals surface area contributed by atoms with E-state index in [2.05, 4.69) is 24.4 Å². The van der Waals surface area contributed by atoms with Crippen LogP contribution in [0.5, 0.6) is 0 Å². The molecule has 2 aromatic rings. The fourth-order valence-corrected chi connectivity index (χ4v) is 2.09.